The second-order valence-corrected chi connectivity index (χ2v) is 7.94. The highest BCUT2D eigenvalue weighted by molar-refractivity contribution is 6.30. The minimum Gasteiger partial charge on any atom is -0.338 e. The smallest absolute Gasteiger partial charge is 0.244 e. The normalized spacial score (nSPS) is 24.5. The van der Waals surface area contributed by atoms with Crippen LogP contribution in [-0.2, 0) is 4.79 Å². The summed E-state index contributed by atoms with van der Waals surface area (Å²) in [5.41, 5.74) is 0.887. The fourth-order valence-electron chi connectivity index (χ4n) is 4.56. The van der Waals surface area contributed by atoms with E-state index in [-0.39, 0.29) is 11.9 Å². The molecule has 27 heavy (non-hydrogen) atoms. The minimum absolute atomic E-state index is 0.0282. The van der Waals surface area contributed by atoms with Crippen molar-refractivity contribution in [3.05, 3.63) is 35.2 Å². The molecular weight excluding hydrogens is 364 g/mol. The lowest BCUT2D eigenvalue weighted by molar-refractivity contribution is -0.130. The average Bonchev–Trinajstić information content (AvgIpc) is 3.40. The third-order valence-electron chi connectivity index (χ3n) is 5.89. The van der Waals surface area contributed by atoms with Crippen LogP contribution >= 0.6 is 11.6 Å². The first-order valence-corrected chi connectivity index (χ1v) is 10.0. The van der Waals surface area contributed by atoms with Crippen molar-refractivity contribution >= 4 is 17.5 Å². The number of hydrogen-bond acceptors (Lipinski definition) is 5. The summed E-state index contributed by atoms with van der Waals surface area (Å²) in [5.74, 6) is 1.38. The van der Waals surface area contributed by atoms with E-state index in [0.29, 0.717) is 28.8 Å². The van der Waals surface area contributed by atoms with Crippen LogP contribution in [0.25, 0.3) is 11.4 Å². The van der Waals surface area contributed by atoms with Crippen LogP contribution in [0.1, 0.15) is 51.5 Å². The van der Waals surface area contributed by atoms with E-state index in [2.05, 4.69) is 22.0 Å². The maximum Gasteiger partial charge on any atom is 0.244 e. The molecule has 2 aliphatic heterocycles. The highest BCUT2D eigenvalue weighted by Crippen LogP contribution is 2.35. The van der Waals surface area contributed by atoms with Gasteiger partial charge in [0.15, 0.2) is 0 Å². The lowest BCUT2D eigenvalue weighted by Gasteiger charge is -2.36. The Bertz CT molecular complexity index is 807. The molecule has 2 fully saturated rings. The molecule has 0 N–H and O–H groups in total. The maximum absolute atomic E-state index is 12.0. The Hall–Kier alpha value is -1.92. The second-order valence-electron chi connectivity index (χ2n) is 7.51. The van der Waals surface area contributed by atoms with E-state index < -0.39 is 0 Å². The van der Waals surface area contributed by atoms with Gasteiger partial charge in [0.2, 0.25) is 17.6 Å². The van der Waals surface area contributed by atoms with E-state index in [1.54, 1.807) is 6.92 Å². The van der Waals surface area contributed by atoms with E-state index in [9.17, 15) is 4.79 Å². The van der Waals surface area contributed by atoms with Crippen molar-refractivity contribution in [2.24, 2.45) is 0 Å². The van der Waals surface area contributed by atoms with Crippen LogP contribution in [0.4, 0.5) is 0 Å². The lowest BCUT2D eigenvalue weighted by atomic mass is 10.0. The molecule has 6 nitrogen and oxygen atoms in total. The molecule has 4 rings (SSSR count). The number of halogens is 1. The minimum atomic E-state index is 0.0282. The quantitative estimate of drug-likeness (QED) is 0.794. The van der Waals surface area contributed by atoms with Crippen LogP contribution in [0.15, 0.2) is 28.8 Å². The Morgan fingerprint density at radius 1 is 1.19 bits per heavy atom. The molecule has 2 saturated heterocycles. The van der Waals surface area contributed by atoms with Crippen molar-refractivity contribution in [1.82, 2.24) is 19.9 Å². The fourth-order valence-corrected chi connectivity index (χ4v) is 4.68. The molecule has 1 aromatic carbocycles. The van der Waals surface area contributed by atoms with E-state index in [0.717, 1.165) is 44.3 Å². The van der Waals surface area contributed by atoms with Gasteiger partial charge in [0.25, 0.3) is 0 Å². The van der Waals surface area contributed by atoms with Gasteiger partial charge in [-0.05, 0) is 63.4 Å². The Kier molecular flexibility index (Phi) is 5.19. The number of aromatic nitrogens is 2. The molecule has 1 aromatic heterocycles. The van der Waals surface area contributed by atoms with Gasteiger partial charge in [0.1, 0.15) is 0 Å². The van der Waals surface area contributed by atoms with Crippen LogP contribution in [0.2, 0.25) is 5.02 Å². The number of nitrogens with zero attached hydrogens (tertiary/aromatic N) is 4. The van der Waals surface area contributed by atoms with Crippen LogP contribution < -0.4 is 0 Å². The van der Waals surface area contributed by atoms with Crippen LogP contribution in [0.5, 0.6) is 0 Å². The van der Waals surface area contributed by atoms with Gasteiger partial charge in [-0.2, -0.15) is 4.98 Å². The van der Waals surface area contributed by atoms with Gasteiger partial charge in [0.05, 0.1) is 6.04 Å². The molecule has 0 saturated carbocycles. The zero-order valence-corrected chi connectivity index (χ0v) is 16.5. The zero-order valence-electron chi connectivity index (χ0n) is 15.8. The Balaban J connectivity index is 1.52. The Morgan fingerprint density at radius 3 is 2.63 bits per heavy atom. The van der Waals surface area contributed by atoms with Crippen molar-refractivity contribution < 1.29 is 9.32 Å². The van der Waals surface area contributed by atoms with Gasteiger partial charge in [0, 0.05) is 36.1 Å². The first-order chi connectivity index (χ1) is 13.0. The van der Waals surface area contributed by atoms with Crippen molar-refractivity contribution in [3.63, 3.8) is 0 Å². The third-order valence-corrected chi connectivity index (χ3v) is 6.14. The highest BCUT2D eigenvalue weighted by Gasteiger charge is 2.41. The predicted octanol–water partition coefficient (Wildman–Crippen LogP) is 3.93. The SMILES string of the molecule is CC(=O)N1CCC[C@@H]1[C@H]1CCCN1[C@H](C)c1nc(-c2ccc(Cl)cc2)no1. The number of carbonyl (C=O) groups excluding carboxylic acids is 1. The van der Waals surface area contributed by atoms with E-state index in [4.69, 9.17) is 16.1 Å². The molecule has 3 heterocycles. The van der Waals surface area contributed by atoms with E-state index >= 15 is 0 Å². The summed E-state index contributed by atoms with van der Waals surface area (Å²) in [4.78, 5) is 21.1. The predicted molar refractivity (Wildman–Crippen MR) is 103 cm³/mol. The summed E-state index contributed by atoms with van der Waals surface area (Å²) < 4.78 is 5.59. The van der Waals surface area contributed by atoms with E-state index in [1.807, 2.05) is 29.2 Å². The van der Waals surface area contributed by atoms with E-state index in [1.165, 1.54) is 0 Å². The molecule has 1 amide bonds. The summed E-state index contributed by atoms with van der Waals surface area (Å²) in [6.07, 6.45) is 4.41. The molecule has 0 aliphatic carbocycles. The molecule has 0 unspecified atom stereocenters. The first-order valence-electron chi connectivity index (χ1n) is 9.67. The molecule has 7 heteroatoms. The zero-order chi connectivity index (χ0) is 19.0. The van der Waals surface area contributed by atoms with Gasteiger partial charge in [-0.25, -0.2) is 0 Å². The van der Waals surface area contributed by atoms with Gasteiger partial charge in [-0.15, -0.1) is 0 Å². The molecule has 2 aliphatic rings. The molecule has 0 bridgehead atoms. The van der Waals surface area contributed by atoms with Crippen LogP contribution in [-0.4, -0.2) is 51.0 Å². The molecule has 0 radical (unpaired) electrons. The Morgan fingerprint density at radius 2 is 1.89 bits per heavy atom. The number of benzene rings is 1. The van der Waals surface area contributed by atoms with Gasteiger partial charge in [-0.3, -0.25) is 9.69 Å². The second kappa shape index (κ2) is 7.60. The highest BCUT2D eigenvalue weighted by atomic mass is 35.5. The van der Waals surface area contributed by atoms with Crippen molar-refractivity contribution in [3.8, 4) is 11.4 Å². The van der Waals surface area contributed by atoms with Gasteiger partial charge >= 0.3 is 0 Å². The number of amides is 1. The molecular formula is C20H25ClN4O2. The molecule has 0 spiro atoms. The average molecular weight is 389 g/mol. The summed E-state index contributed by atoms with van der Waals surface area (Å²) in [6.45, 7) is 5.66. The number of likely N-dealkylation sites (tertiary alicyclic amines) is 2. The van der Waals surface area contributed by atoms with Crippen LogP contribution in [0.3, 0.4) is 0 Å². The standard InChI is InChI=1S/C20H25ClN4O2/c1-13(20-22-19(23-27-20)15-7-9-16(21)10-8-15)24-11-3-5-17(24)18-6-4-12-25(18)14(2)26/h7-10,13,17-18H,3-6,11-12H2,1-2H3/t13-,17-,18-/m1/s1. The summed E-state index contributed by atoms with van der Waals surface area (Å²) in [7, 11) is 0. The summed E-state index contributed by atoms with van der Waals surface area (Å²) in [6, 6.07) is 8.11. The maximum atomic E-state index is 12.0. The fraction of sp³-hybridized carbons (Fsp3) is 0.550. The van der Waals surface area contributed by atoms with Crippen molar-refractivity contribution in [2.45, 2.75) is 57.7 Å². The molecule has 144 valence electrons. The lowest BCUT2D eigenvalue weighted by Crippen LogP contribution is -2.48. The number of carbonyl (C=O) groups is 1. The van der Waals surface area contributed by atoms with Crippen LogP contribution in [0, 0.1) is 0 Å². The molecule has 2 aromatic rings. The van der Waals surface area contributed by atoms with Crippen molar-refractivity contribution in [1.29, 1.82) is 0 Å². The Labute approximate surface area is 164 Å². The van der Waals surface area contributed by atoms with Crippen molar-refractivity contribution in [2.75, 3.05) is 13.1 Å². The third kappa shape index (κ3) is 3.60. The number of hydrogen-bond donors (Lipinski definition) is 0. The van der Waals surface area contributed by atoms with Gasteiger partial charge < -0.3 is 9.42 Å². The van der Waals surface area contributed by atoms with Gasteiger partial charge in [-0.1, -0.05) is 16.8 Å². The molecule has 3 atom stereocenters. The largest absolute Gasteiger partial charge is 0.338 e. The first kappa shape index (κ1) is 18.4. The topological polar surface area (TPSA) is 62.5 Å². The number of rotatable bonds is 4. The summed E-state index contributed by atoms with van der Waals surface area (Å²) >= 11 is 5.95. The summed E-state index contributed by atoms with van der Waals surface area (Å²) in [5, 5.41) is 4.84. The monoisotopic (exact) mass is 388 g/mol.